The number of nitrogens with one attached hydrogen (secondary N) is 2. The molecular formula is C26H25N3O2S2. The highest BCUT2D eigenvalue weighted by atomic mass is 32.1. The van der Waals surface area contributed by atoms with E-state index in [1.165, 1.54) is 0 Å². The zero-order valence-corrected chi connectivity index (χ0v) is 20.3. The van der Waals surface area contributed by atoms with Gasteiger partial charge in [0.2, 0.25) is 0 Å². The monoisotopic (exact) mass is 475 g/mol. The summed E-state index contributed by atoms with van der Waals surface area (Å²) in [7, 11) is 0. The molecule has 0 aliphatic carbocycles. The summed E-state index contributed by atoms with van der Waals surface area (Å²) in [6, 6.07) is 21.2. The number of aromatic nitrogens is 1. The van der Waals surface area contributed by atoms with Crippen LogP contribution in [0.5, 0.6) is 5.75 Å². The van der Waals surface area contributed by atoms with E-state index in [0.29, 0.717) is 5.56 Å². The third-order valence-corrected chi connectivity index (χ3v) is 6.57. The number of fused-ring (bicyclic) bond motifs is 1. The van der Waals surface area contributed by atoms with Crippen molar-refractivity contribution >= 4 is 50.5 Å². The van der Waals surface area contributed by atoms with Gasteiger partial charge in [0.15, 0.2) is 5.11 Å². The third-order valence-electron chi connectivity index (χ3n) is 5.28. The quantitative estimate of drug-likeness (QED) is 0.309. The molecule has 4 rings (SSSR count). The minimum absolute atomic E-state index is 0.128. The molecule has 0 spiro atoms. The van der Waals surface area contributed by atoms with Crippen LogP contribution in [-0.2, 0) is 0 Å². The van der Waals surface area contributed by atoms with Gasteiger partial charge in [-0.25, -0.2) is 4.98 Å². The van der Waals surface area contributed by atoms with Crippen molar-refractivity contribution in [2.24, 2.45) is 0 Å². The molecule has 0 fully saturated rings. The van der Waals surface area contributed by atoms with Gasteiger partial charge in [-0.3, -0.25) is 10.1 Å². The van der Waals surface area contributed by atoms with Crippen LogP contribution in [0.4, 0.5) is 5.69 Å². The average molecular weight is 476 g/mol. The first kappa shape index (κ1) is 22.9. The Labute approximate surface area is 202 Å². The molecule has 7 heteroatoms. The van der Waals surface area contributed by atoms with E-state index in [1.54, 1.807) is 35.6 Å². The summed E-state index contributed by atoms with van der Waals surface area (Å²) in [5.41, 5.74) is 4.33. The van der Waals surface area contributed by atoms with E-state index in [-0.39, 0.29) is 17.1 Å². The number of hydrogen-bond donors (Lipinski definition) is 2. The van der Waals surface area contributed by atoms with Gasteiger partial charge in [0.05, 0.1) is 16.3 Å². The van der Waals surface area contributed by atoms with Gasteiger partial charge in [0, 0.05) is 16.8 Å². The smallest absolute Gasteiger partial charge is 0.257 e. The number of amides is 1. The molecule has 4 aromatic rings. The number of hydrogen-bond acceptors (Lipinski definition) is 5. The van der Waals surface area contributed by atoms with Crippen molar-refractivity contribution in [3.63, 3.8) is 0 Å². The van der Waals surface area contributed by atoms with Crippen LogP contribution in [0.3, 0.4) is 0 Å². The van der Waals surface area contributed by atoms with Crippen LogP contribution in [-0.4, -0.2) is 22.1 Å². The minimum Gasteiger partial charge on any atom is -0.491 e. The summed E-state index contributed by atoms with van der Waals surface area (Å²) < 4.78 is 6.91. The molecule has 0 bridgehead atoms. The second kappa shape index (κ2) is 10.1. The fourth-order valence-corrected chi connectivity index (χ4v) is 4.38. The van der Waals surface area contributed by atoms with Gasteiger partial charge in [-0.15, -0.1) is 11.3 Å². The Kier molecular flexibility index (Phi) is 7.01. The largest absolute Gasteiger partial charge is 0.491 e. The summed E-state index contributed by atoms with van der Waals surface area (Å²) in [4.78, 5) is 17.3. The summed E-state index contributed by atoms with van der Waals surface area (Å²) in [6.07, 6.45) is 1.05. The van der Waals surface area contributed by atoms with Gasteiger partial charge in [-0.05, 0) is 80.5 Å². The Morgan fingerprint density at radius 3 is 2.61 bits per heavy atom. The highest BCUT2D eigenvalue weighted by Gasteiger charge is 2.12. The number of para-hydroxylation sites is 1. The lowest BCUT2D eigenvalue weighted by Gasteiger charge is -2.14. The molecule has 168 valence electrons. The van der Waals surface area contributed by atoms with Crippen molar-refractivity contribution in [1.82, 2.24) is 10.3 Å². The fraction of sp³-hybridized carbons (Fsp3) is 0.192. The molecule has 1 atom stereocenters. The van der Waals surface area contributed by atoms with Gasteiger partial charge >= 0.3 is 0 Å². The van der Waals surface area contributed by atoms with Crippen LogP contribution in [0.25, 0.3) is 20.8 Å². The number of nitrogens with zero attached hydrogens (tertiary/aromatic N) is 1. The van der Waals surface area contributed by atoms with Crippen LogP contribution in [0, 0.1) is 6.92 Å². The normalized spacial score (nSPS) is 11.7. The van der Waals surface area contributed by atoms with Gasteiger partial charge in [0.1, 0.15) is 10.8 Å². The summed E-state index contributed by atoms with van der Waals surface area (Å²) >= 11 is 7.05. The number of anilines is 1. The summed E-state index contributed by atoms with van der Waals surface area (Å²) in [6.45, 7) is 6.07. The van der Waals surface area contributed by atoms with Crippen molar-refractivity contribution in [3.8, 4) is 16.3 Å². The number of ether oxygens (including phenoxy) is 1. The molecule has 0 radical (unpaired) electrons. The predicted molar refractivity (Wildman–Crippen MR) is 140 cm³/mol. The van der Waals surface area contributed by atoms with Crippen molar-refractivity contribution < 1.29 is 9.53 Å². The third kappa shape index (κ3) is 5.56. The van der Waals surface area contributed by atoms with Gasteiger partial charge < -0.3 is 10.1 Å². The zero-order valence-electron chi connectivity index (χ0n) is 18.7. The Morgan fingerprint density at radius 1 is 1.12 bits per heavy atom. The molecule has 1 unspecified atom stereocenters. The van der Waals surface area contributed by atoms with Crippen LogP contribution in [0.1, 0.15) is 36.2 Å². The van der Waals surface area contributed by atoms with E-state index in [4.69, 9.17) is 21.9 Å². The number of carbonyl (C=O) groups excluding carboxylic acids is 1. The zero-order chi connectivity index (χ0) is 23.4. The highest BCUT2D eigenvalue weighted by molar-refractivity contribution is 7.80. The molecule has 0 saturated carbocycles. The summed E-state index contributed by atoms with van der Waals surface area (Å²) in [5.74, 6) is 0.464. The van der Waals surface area contributed by atoms with Crippen LogP contribution in [0.2, 0.25) is 0 Å². The van der Waals surface area contributed by atoms with E-state index in [0.717, 1.165) is 44.2 Å². The van der Waals surface area contributed by atoms with Crippen molar-refractivity contribution in [2.75, 3.05) is 5.32 Å². The van der Waals surface area contributed by atoms with Gasteiger partial charge in [-0.1, -0.05) is 31.2 Å². The lowest BCUT2D eigenvalue weighted by molar-refractivity contribution is 0.0977. The molecule has 1 heterocycles. The molecule has 1 aromatic heterocycles. The average Bonchev–Trinajstić information content (AvgIpc) is 3.25. The number of thiazole rings is 1. The number of carbonyl (C=O) groups is 1. The van der Waals surface area contributed by atoms with Crippen molar-refractivity contribution in [3.05, 3.63) is 77.9 Å². The highest BCUT2D eigenvalue weighted by Crippen LogP contribution is 2.32. The first-order valence-corrected chi connectivity index (χ1v) is 12.0. The molecule has 3 aromatic carbocycles. The second-order valence-electron chi connectivity index (χ2n) is 7.79. The fourth-order valence-electron chi connectivity index (χ4n) is 3.21. The molecule has 33 heavy (non-hydrogen) atoms. The topological polar surface area (TPSA) is 63.2 Å². The lowest BCUT2D eigenvalue weighted by Crippen LogP contribution is -2.34. The van der Waals surface area contributed by atoms with E-state index in [1.807, 2.05) is 50.2 Å². The Balaban J connectivity index is 1.43. The molecule has 1 amide bonds. The maximum atomic E-state index is 12.6. The lowest BCUT2D eigenvalue weighted by atomic mass is 10.1. The predicted octanol–water partition coefficient (Wildman–Crippen LogP) is 6.58. The Hall–Kier alpha value is -3.29. The maximum absolute atomic E-state index is 12.6. The van der Waals surface area contributed by atoms with E-state index >= 15 is 0 Å². The first-order valence-electron chi connectivity index (χ1n) is 10.8. The number of benzene rings is 3. The molecule has 0 aliphatic rings. The molecular weight excluding hydrogens is 450 g/mol. The van der Waals surface area contributed by atoms with Crippen molar-refractivity contribution in [2.45, 2.75) is 33.3 Å². The molecule has 0 saturated heterocycles. The molecule has 5 nitrogen and oxygen atoms in total. The summed E-state index contributed by atoms with van der Waals surface area (Å²) in [5, 5.41) is 7.08. The van der Waals surface area contributed by atoms with Crippen molar-refractivity contribution in [1.29, 1.82) is 0 Å². The Bertz CT molecular complexity index is 1270. The number of aryl methyl sites for hydroxylation is 1. The van der Waals surface area contributed by atoms with Crippen LogP contribution < -0.4 is 15.4 Å². The SMILES string of the molecule is CCC(C)Oc1ccc(C(=O)NC(=S)Nc2cc(-c3nc4ccccc4s3)ccc2C)cc1. The molecule has 0 aliphatic heterocycles. The Morgan fingerprint density at radius 2 is 1.88 bits per heavy atom. The second-order valence-corrected chi connectivity index (χ2v) is 9.22. The minimum atomic E-state index is -0.275. The van der Waals surface area contributed by atoms with Crippen LogP contribution >= 0.6 is 23.6 Å². The standard InChI is InChI=1S/C26H25N3O2S2/c1-4-17(3)31-20-13-11-18(12-14-20)24(30)29-26(32)28-22-15-19(10-9-16(22)2)25-27-21-7-5-6-8-23(21)33-25/h5-15,17H,4H2,1-3H3,(H2,28,29,30,32). The van der Waals surface area contributed by atoms with E-state index in [9.17, 15) is 4.79 Å². The van der Waals surface area contributed by atoms with Gasteiger partial charge in [-0.2, -0.15) is 0 Å². The van der Waals surface area contributed by atoms with E-state index in [2.05, 4.69) is 23.6 Å². The number of rotatable bonds is 6. The maximum Gasteiger partial charge on any atom is 0.257 e. The first-order chi connectivity index (χ1) is 15.9. The van der Waals surface area contributed by atoms with E-state index < -0.39 is 0 Å². The number of thiocarbonyl (C=S) groups is 1. The van der Waals surface area contributed by atoms with Crippen LogP contribution in [0.15, 0.2) is 66.7 Å². The molecule has 2 N–H and O–H groups in total. The van der Waals surface area contributed by atoms with Gasteiger partial charge in [0.25, 0.3) is 5.91 Å².